The molecule has 2 rings (SSSR count). The first kappa shape index (κ1) is 14.0. The Morgan fingerprint density at radius 3 is 2.95 bits per heavy atom. The maximum Gasteiger partial charge on any atom is 0.272 e. The first-order chi connectivity index (χ1) is 9.11. The van der Waals surface area contributed by atoms with Crippen molar-refractivity contribution in [3.05, 3.63) is 39.9 Å². The normalized spacial score (nSPS) is 23.2. The lowest BCUT2D eigenvalue weighted by molar-refractivity contribution is -0.385. The lowest BCUT2D eigenvalue weighted by atomic mass is 9.94. The summed E-state index contributed by atoms with van der Waals surface area (Å²) in [5.74, 6) is 0. The molecule has 5 heteroatoms. The number of nitro benzene ring substituents is 1. The van der Waals surface area contributed by atoms with E-state index in [1.165, 1.54) is 0 Å². The maximum atomic E-state index is 10.9. The standard InChI is InChI=1S/C14H20N2O3/c1-14(8-4-10-19-11-14)15-9-7-12-5-2-3-6-13(12)16(17)18/h2-3,5-6,15H,4,7-11H2,1H3. The number of benzene rings is 1. The fraction of sp³-hybridized carbons (Fsp3) is 0.571. The second kappa shape index (κ2) is 6.12. The van der Waals surface area contributed by atoms with Gasteiger partial charge in [0.2, 0.25) is 0 Å². The smallest absolute Gasteiger partial charge is 0.272 e. The third-order valence-corrected chi connectivity index (χ3v) is 3.57. The van der Waals surface area contributed by atoms with E-state index in [4.69, 9.17) is 4.74 Å². The molecule has 0 radical (unpaired) electrons. The van der Waals surface area contributed by atoms with Gasteiger partial charge < -0.3 is 10.1 Å². The number of nitro groups is 1. The summed E-state index contributed by atoms with van der Waals surface area (Å²) < 4.78 is 5.48. The molecule has 5 nitrogen and oxygen atoms in total. The summed E-state index contributed by atoms with van der Waals surface area (Å²) in [7, 11) is 0. The van der Waals surface area contributed by atoms with E-state index in [1.54, 1.807) is 12.1 Å². The van der Waals surface area contributed by atoms with E-state index >= 15 is 0 Å². The van der Waals surface area contributed by atoms with Crippen molar-refractivity contribution < 1.29 is 9.66 Å². The zero-order valence-electron chi connectivity index (χ0n) is 11.2. The molecule has 0 spiro atoms. The van der Waals surface area contributed by atoms with Crippen LogP contribution in [-0.4, -0.2) is 30.2 Å². The molecule has 0 saturated carbocycles. The van der Waals surface area contributed by atoms with Crippen LogP contribution in [0.15, 0.2) is 24.3 Å². The van der Waals surface area contributed by atoms with Crippen molar-refractivity contribution in [2.24, 2.45) is 0 Å². The lowest BCUT2D eigenvalue weighted by Gasteiger charge is -2.34. The molecule has 19 heavy (non-hydrogen) atoms. The Kier molecular flexibility index (Phi) is 4.50. The molecule has 1 heterocycles. The summed E-state index contributed by atoms with van der Waals surface area (Å²) in [6.07, 6.45) is 2.81. The number of nitrogens with zero attached hydrogens (tertiary/aromatic N) is 1. The molecule has 1 aliphatic rings. The monoisotopic (exact) mass is 264 g/mol. The molecule has 104 valence electrons. The number of rotatable bonds is 5. The van der Waals surface area contributed by atoms with Gasteiger partial charge in [0.15, 0.2) is 0 Å². The van der Waals surface area contributed by atoms with Gasteiger partial charge in [-0.3, -0.25) is 10.1 Å². The van der Waals surface area contributed by atoms with Gasteiger partial charge in [0.25, 0.3) is 5.69 Å². The quantitative estimate of drug-likeness (QED) is 0.654. The van der Waals surface area contributed by atoms with Gasteiger partial charge in [-0.15, -0.1) is 0 Å². The molecule has 1 saturated heterocycles. The van der Waals surface area contributed by atoms with Crippen molar-refractivity contribution in [2.75, 3.05) is 19.8 Å². The Balaban J connectivity index is 1.90. The Bertz CT molecular complexity index is 442. The highest BCUT2D eigenvalue weighted by atomic mass is 16.6. The van der Waals surface area contributed by atoms with Gasteiger partial charge in [-0.1, -0.05) is 18.2 Å². The highest BCUT2D eigenvalue weighted by molar-refractivity contribution is 5.39. The van der Waals surface area contributed by atoms with Crippen LogP contribution in [-0.2, 0) is 11.2 Å². The molecule has 0 aromatic heterocycles. The van der Waals surface area contributed by atoms with Crippen LogP contribution in [0.2, 0.25) is 0 Å². The van der Waals surface area contributed by atoms with Gasteiger partial charge in [-0.05, 0) is 26.2 Å². The molecule has 1 fully saturated rings. The lowest BCUT2D eigenvalue weighted by Crippen LogP contribution is -2.49. The molecule has 0 bridgehead atoms. The number of hydrogen-bond acceptors (Lipinski definition) is 4. The van der Waals surface area contributed by atoms with Crippen LogP contribution in [0.25, 0.3) is 0 Å². The molecule has 1 atom stereocenters. The summed E-state index contributed by atoms with van der Waals surface area (Å²) in [5, 5.41) is 14.4. The Hall–Kier alpha value is -1.46. The van der Waals surface area contributed by atoms with Crippen LogP contribution in [0.5, 0.6) is 0 Å². The van der Waals surface area contributed by atoms with Gasteiger partial charge in [-0.2, -0.15) is 0 Å². The summed E-state index contributed by atoms with van der Waals surface area (Å²) in [6, 6.07) is 6.92. The van der Waals surface area contributed by atoms with E-state index in [0.29, 0.717) is 13.0 Å². The van der Waals surface area contributed by atoms with E-state index in [9.17, 15) is 10.1 Å². The third kappa shape index (κ3) is 3.75. The topological polar surface area (TPSA) is 64.4 Å². The maximum absolute atomic E-state index is 10.9. The van der Waals surface area contributed by atoms with E-state index in [1.807, 2.05) is 12.1 Å². The summed E-state index contributed by atoms with van der Waals surface area (Å²) in [6.45, 7) is 4.42. The minimum Gasteiger partial charge on any atom is -0.380 e. The highest BCUT2D eigenvalue weighted by Crippen LogP contribution is 2.20. The minimum atomic E-state index is -0.319. The Morgan fingerprint density at radius 1 is 1.47 bits per heavy atom. The van der Waals surface area contributed by atoms with Gasteiger partial charge in [0, 0.05) is 30.3 Å². The van der Waals surface area contributed by atoms with E-state index in [2.05, 4.69) is 12.2 Å². The molecular weight excluding hydrogens is 244 g/mol. The molecule has 1 aromatic rings. The SMILES string of the molecule is CC1(NCCc2ccccc2[N+](=O)[O-])CCCOC1. The molecule has 1 aromatic carbocycles. The largest absolute Gasteiger partial charge is 0.380 e. The van der Waals surface area contributed by atoms with E-state index < -0.39 is 0 Å². The second-order valence-corrected chi connectivity index (χ2v) is 5.28. The van der Waals surface area contributed by atoms with Gasteiger partial charge in [-0.25, -0.2) is 0 Å². The van der Waals surface area contributed by atoms with Gasteiger partial charge in [0.05, 0.1) is 11.5 Å². The summed E-state index contributed by atoms with van der Waals surface area (Å²) in [4.78, 5) is 10.6. The average Bonchev–Trinajstić information content (AvgIpc) is 2.40. The molecule has 1 unspecified atom stereocenters. The van der Waals surface area contributed by atoms with Crippen LogP contribution in [0.1, 0.15) is 25.3 Å². The van der Waals surface area contributed by atoms with Gasteiger partial charge >= 0.3 is 0 Å². The fourth-order valence-corrected chi connectivity index (χ4v) is 2.47. The highest BCUT2D eigenvalue weighted by Gasteiger charge is 2.26. The predicted molar refractivity (Wildman–Crippen MR) is 73.3 cm³/mol. The number of hydrogen-bond donors (Lipinski definition) is 1. The van der Waals surface area contributed by atoms with Crippen molar-refractivity contribution in [2.45, 2.75) is 31.7 Å². The Morgan fingerprint density at radius 2 is 2.26 bits per heavy atom. The first-order valence-electron chi connectivity index (χ1n) is 6.66. The molecule has 0 amide bonds. The van der Waals surface area contributed by atoms with Crippen molar-refractivity contribution in [3.63, 3.8) is 0 Å². The van der Waals surface area contributed by atoms with E-state index in [-0.39, 0.29) is 16.1 Å². The molecule has 1 aliphatic heterocycles. The zero-order chi connectivity index (χ0) is 13.7. The van der Waals surface area contributed by atoms with Crippen molar-refractivity contribution in [1.29, 1.82) is 0 Å². The third-order valence-electron chi connectivity index (χ3n) is 3.57. The number of nitrogens with one attached hydrogen (secondary N) is 1. The van der Waals surface area contributed by atoms with Crippen LogP contribution in [0, 0.1) is 10.1 Å². The minimum absolute atomic E-state index is 0.00180. The van der Waals surface area contributed by atoms with Crippen LogP contribution in [0.3, 0.4) is 0 Å². The molecule has 0 aliphatic carbocycles. The van der Waals surface area contributed by atoms with Crippen molar-refractivity contribution in [1.82, 2.24) is 5.32 Å². The zero-order valence-corrected chi connectivity index (χ0v) is 11.2. The van der Waals surface area contributed by atoms with Gasteiger partial charge in [0.1, 0.15) is 0 Å². The fourth-order valence-electron chi connectivity index (χ4n) is 2.47. The Labute approximate surface area is 113 Å². The summed E-state index contributed by atoms with van der Waals surface area (Å²) in [5.41, 5.74) is 0.983. The second-order valence-electron chi connectivity index (χ2n) is 5.28. The predicted octanol–water partition coefficient (Wildman–Crippen LogP) is 2.30. The summed E-state index contributed by atoms with van der Waals surface area (Å²) >= 11 is 0. The molecule has 1 N–H and O–H groups in total. The van der Waals surface area contributed by atoms with Crippen LogP contribution >= 0.6 is 0 Å². The van der Waals surface area contributed by atoms with Crippen molar-refractivity contribution in [3.8, 4) is 0 Å². The average molecular weight is 264 g/mol. The number of para-hydroxylation sites is 1. The first-order valence-corrected chi connectivity index (χ1v) is 6.66. The number of ether oxygens (including phenoxy) is 1. The van der Waals surface area contributed by atoms with Crippen LogP contribution in [0.4, 0.5) is 5.69 Å². The van der Waals surface area contributed by atoms with E-state index in [0.717, 1.165) is 31.6 Å². The molecular formula is C14H20N2O3. The van der Waals surface area contributed by atoms with Crippen molar-refractivity contribution >= 4 is 5.69 Å². The van der Waals surface area contributed by atoms with Crippen LogP contribution < -0.4 is 5.32 Å².